The molecular formula is C16H14Cl2O2SiTi. The summed E-state index contributed by atoms with van der Waals surface area (Å²) in [5.74, 6) is 0.275. The van der Waals surface area contributed by atoms with Crippen LogP contribution in [-0.4, -0.2) is 27.0 Å². The van der Waals surface area contributed by atoms with Crippen molar-refractivity contribution >= 4 is 24.8 Å². The van der Waals surface area contributed by atoms with Crippen molar-refractivity contribution < 1.29 is 53.9 Å². The van der Waals surface area contributed by atoms with Crippen LogP contribution in [0.1, 0.15) is 17.5 Å². The van der Waals surface area contributed by atoms with E-state index in [0.717, 1.165) is 11.1 Å². The van der Waals surface area contributed by atoms with E-state index in [-0.39, 0.29) is 65.9 Å². The Morgan fingerprint density at radius 1 is 1.09 bits per heavy atom. The third-order valence-electron chi connectivity index (χ3n) is 4.11. The van der Waals surface area contributed by atoms with Crippen molar-refractivity contribution in [2.75, 3.05) is 6.61 Å². The molecule has 4 rings (SSSR count). The topological polar surface area (TPSA) is 37.3 Å². The Morgan fingerprint density at radius 2 is 1.82 bits per heavy atom. The molecule has 22 heavy (non-hydrogen) atoms. The van der Waals surface area contributed by atoms with E-state index in [1.54, 1.807) is 0 Å². The maximum atomic E-state index is 12.0. The van der Waals surface area contributed by atoms with Gasteiger partial charge in [0.15, 0.2) is 0 Å². The van der Waals surface area contributed by atoms with Gasteiger partial charge < -0.3 is 24.8 Å². The molecule has 0 atom stereocenters. The number of carbonyl (C=O) groups is 1. The van der Waals surface area contributed by atoms with Gasteiger partial charge in [0.05, 0.1) is 0 Å². The molecule has 0 fully saturated rings. The largest absolute Gasteiger partial charge is 1.00 e. The summed E-state index contributed by atoms with van der Waals surface area (Å²) in [7, 11) is -0.371. The van der Waals surface area contributed by atoms with Gasteiger partial charge in [0.1, 0.15) is 0 Å². The van der Waals surface area contributed by atoms with Crippen molar-refractivity contribution in [3.05, 3.63) is 57.4 Å². The fraction of sp³-hybridized carbons (Fsp3) is 0.188. The van der Waals surface area contributed by atoms with Gasteiger partial charge in [0, 0.05) is 0 Å². The monoisotopic (exact) mass is 384 g/mol. The van der Waals surface area contributed by atoms with Crippen LogP contribution in [0.15, 0.2) is 46.3 Å². The van der Waals surface area contributed by atoms with Gasteiger partial charge in [0.2, 0.25) is 0 Å². The van der Waals surface area contributed by atoms with Gasteiger partial charge in [-0.15, -0.1) is 0 Å². The first-order chi connectivity index (χ1) is 9.81. The minimum absolute atomic E-state index is 0. The van der Waals surface area contributed by atoms with Crippen LogP contribution in [0.4, 0.5) is 0 Å². The van der Waals surface area contributed by atoms with Crippen LogP contribution in [0.3, 0.4) is 0 Å². The molecule has 1 N–H and O–H groups in total. The van der Waals surface area contributed by atoms with Gasteiger partial charge in [-0.25, -0.2) is 0 Å². The molecule has 0 aromatic heterocycles. The molecule has 1 aromatic carbocycles. The number of hydrogen-bond donors (Lipinski definition) is 1. The Kier molecular flexibility index (Phi) is 5.70. The summed E-state index contributed by atoms with van der Waals surface area (Å²) in [6.45, 7) is 0.289. The predicted octanol–water partition coefficient (Wildman–Crippen LogP) is -4.34. The molecule has 0 saturated heterocycles. The zero-order valence-corrected chi connectivity index (χ0v) is 16.3. The summed E-state index contributed by atoms with van der Waals surface area (Å²) in [6.07, 6.45) is 2.78. The maximum absolute atomic E-state index is 12.0. The molecule has 3 aliphatic rings. The number of benzene rings is 1. The number of ketones is 1. The van der Waals surface area contributed by atoms with Crippen LogP contribution in [-0.2, 0) is 23.9 Å². The molecule has 1 heterocycles. The molecule has 2 aliphatic carbocycles. The van der Waals surface area contributed by atoms with E-state index >= 15 is 0 Å². The van der Waals surface area contributed by atoms with E-state index in [4.69, 9.17) is 5.11 Å². The second kappa shape index (κ2) is 7.00. The zero-order valence-electron chi connectivity index (χ0n) is 11.8. The minimum Gasteiger partial charge on any atom is -1.00 e. The van der Waals surface area contributed by atoms with Crippen LogP contribution in [0, 0.1) is 0 Å². The fourth-order valence-electron chi connectivity index (χ4n) is 3.11. The maximum Gasteiger partial charge on any atom is -1.00 e. The van der Waals surface area contributed by atoms with Gasteiger partial charge in [0.25, 0.3) is 0 Å². The van der Waals surface area contributed by atoms with Crippen LogP contribution in [0.25, 0.3) is 9.45 Å². The van der Waals surface area contributed by atoms with Gasteiger partial charge in [-0.1, -0.05) is 0 Å². The first-order valence-electron chi connectivity index (χ1n) is 6.99. The average Bonchev–Trinajstić information content (AvgIpc) is 3.21. The van der Waals surface area contributed by atoms with Crippen molar-refractivity contribution in [2.24, 2.45) is 0 Å². The molecule has 112 valence electrons. The third kappa shape index (κ3) is 2.75. The summed E-state index contributed by atoms with van der Waals surface area (Å²) in [5, 5.41) is 11.6. The molecular weight excluding hydrogens is 371 g/mol. The van der Waals surface area contributed by atoms with Crippen molar-refractivity contribution in [3.63, 3.8) is 0 Å². The number of halogens is 2. The Bertz CT molecular complexity index is 737. The number of allylic oxidation sites excluding steroid dienone is 5. The summed E-state index contributed by atoms with van der Waals surface area (Å²) >= 11 is -0.227. The molecule has 1 aromatic rings. The van der Waals surface area contributed by atoms with Crippen molar-refractivity contribution in [2.45, 2.75) is 11.1 Å². The van der Waals surface area contributed by atoms with Crippen LogP contribution < -0.4 is 24.8 Å². The van der Waals surface area contributed by atoms with Gasteiger partial charge in [-0.05, 0) is 0 Å². The van der Waals surface area contributed by atoms with Crippen LogP contribution >= 0.6 is 0 Å². The molecule has 0 unspecified atom stereocenters. The van der Waals surface area contributed by atoms with Crippen molar-refractivity contribution in [3.8, 4) is 0 Å². The Morgan fingerprint density at radius 3 is 2.55 bits per heavy atom. The second-order valence-electron chi connectivity index (χ2n) is 5.36. The van der Waals surface area contributed by atoms with Crippen molar-refractivity contribution in [1.82, 2.24) is 0 Å². The Balaban J connectivity index is 0.000000882. The standard InChI is InChI=1S/C13H7OSi.C3H7O.2ClH.Ti/c14-11-6-9-8-4-2-1-3-7(8)5-10(9)12-13(11)15-12;1-2-3-4;;;/h1-4,6H,15H2;4H,1-3H2;2*1H;/q;;;;+2/p-2. The summed E-state index contributed by atoms with van der Waals surface area (Å²) in [4.78, 5) is 12.0. The quantitative estimate of drug-likeness (QED) is 0.421. The fourth-order valence-corrected chi connectivity index (χ4v) is 7.09. The second-order valence-corrected chi connectivity index (χ2v) is 9.24. The van der Waals surface area contributed by atoms with Crippen LogP contribution in [0.5, 0.6) is 0 Å². The Labute approximate surface area is 153 Å². The number of aliphatic hydroxyl groups excluding tert-OH is 1. The number of hydrogen-bond acceptors (Lipinski definition) is 2. The minimum atomic E-state index is -0.371. The third-order valence-corrected chi connectivity index (χ3v) is 8.18. The van der Waals surface area contributed by atoms with Gasteiger partial charge in [-0.2, -0.15) is 0 Å². The normalized spacial score (nSPS) is 17.9. The number of aliphatic hydroxyl groups is 1. The number of fused-ring (bicyclic) bond motifs is 4. The van der Waals surface area contributed by atoms with E-state index < -0.39 is 0 Å². The smallest absolute Gasteiger partial charge is 1.00 e. The summed E-state index contributed by atoms with van der Waals surface area (Å²) in [6, 6.07) is 8.51. The predicted molar refractivity (Wildman–Crippen MR) is 78.4 cm³/mol. The molecule has 6 heteroatoms. The SMILES string of the molecule is O=C1C=C2C(=[C]([Ti+2][CH2]CCO)c3ccccc32)C2=C1[SiH2]2.[Cl-].[Cl-]. The van der Waals surface area contributed by atoms with E-state index in [1.807, 2.05) is 6.08 Å². The van der Waals surface area contributed by atoms with E-state index in [9.17, 15) is 4.79 Å². The van der Waals surface area contributed by atoms with Gasteiger partial charge in [-0.3, -0.25) is 0 Å². The average molecular weight is 385 g/mol. The summed E-state index contributed by atoms with van der Waals surface area (Å²) < 4.78 is 2.67. The summed E-state index contributed by atoms with van der Waals surface area (Å²) in [5.41, 5.74) is 5.24. The van der Waals surface area contributed by atoms with E-state index in [1.165, 1.54) is 36.5 Å². The van der Waals surface area contributed by atoms with Crippen molar-refractivity contribution in [1.29, 1.82) is 0 Å². The molecule has 1 aliphatic heterocycles. The van der Waals surface area contributed by atoms with E-state index in [0.29, 0.717) is 0 Å². The van der Waals surface area contributed by atoms with E-state index in [2.05, 4.69) is 24.3 Å². The number of carbonyl (C=O) groups excluding carboxylic acids is 1. The molecule has 0 spiro atoms. The molecule has 2 nitrogen and oxygen atoms in total. The molecule has 0 radical (unpaired) electrons. The molecule has 0 saturated carbocycles. The van der Waals surface area contributed by atoms with Gasteiger partial charge >= 0.3 is 129 Å². The Hall–Kier alpha value is -0.419. The zero-order chi connectivity index (χ0) is 13.7. The molecule has 0 bridgehead atoms. The molecule has 0 amide bonds. The first-order valence-corrected chi connectivity index (χ1v) is 10.3. The van der Waals surface area contributed by atoms with Crippen LogP contribution in [0.2, 0.25) is 4.73 Å². The first kappa shape index (κ1) is 17.9. The number of rotatable bonds is 4.